The van der Waals surface area contributed by atoms with E-state index in [1.165, 1.54) is 16.7 Å². The zero-order valence-corrected chi connectivity index (χ0v) is 10.3. The molecule has 2 aromatic rings. The van der Waals surface area contributed by atoms with Crippen LogP contribution in [-0.2, 0) is 0 Å². The van der Waals surface area contributed by atoms with Gasteiger partial charge in [0, 0.05) is 0 Å². The van der Waals surface area contributed by atoms with Gasteiger partial charge >= 0.3 is 0 Å². The van der Waals surface area contributed by atoms with Gasteiger partial charge in [0.25, 0.3) is 0 Å². The molecule has 0 bridgehead atoms. The Morgan fingerprint density at radius 3 is 1.83 bits per heavy atom. The van der Waals surface area contributed by atoms with Crippen molar-refractivity contribution in [3.8, 4) is 0 Å². The Labute approximate surface area is 109 Å². The van der Waals surface area contributed by atoms with E-state index < -0.39 is 0 Å². The molecule has 0 aliphatic rings. The van der Waals surface area contributed by atoms with E-state index in [1.807, 2.05) is 18.2 Å². The molecule has 88 valence electrons. The van der Waals surface area contributed by atoms with Crippen LogP contribution in [0.2, 0.25) is 0 Å². The highest BCUT2D eigenvalue weighted by Crippen LogP contribution is 2.23. The summed E-state index contributed by atoms with van der Waals surface area (Å²) < 4.78 is 0. The molecular weight excluding hydrogens is 216 g/mol. The second kappa shape index (κ2) is 6.44. The zero-order chi connectivity index (χ0) is 12.6. The van der Waals surface area contributed by atoms with Crippen molar-refractivity contribution in [1.82, 2.24) is 0 Å². The molecule has 0 radical (unpaired) electrons. The van der Waals surface area contributed by atoms with E-state index in [1.54, 1.807) is 0 Å². The first kappa shape index (κ1) is 12.2. The molecule has 0 N–H and O–H groups in total. The third-order valence-corrected chi connectivity index (χ3v) is 2.75. The molecule has 0 nitrogen and oxygen atoms in total. The molecule has 0 unspecified atom stereocenters. The average Bonchev–Trinajstić information content (AvgIpc) is 2.46. The third-order valence-electron chi connectivity index (χ3n) is 2.75. The van der Waals surface area contributed by atoms with E-state index in [4.69, 9.17) is 0 Å². The van der Waals surface area contributed by atoms with Gasteiger partial charge in [-0.15, -0.1) is 5.73 Å². The zero-order valence-electron chi connectivity index (χ0n) is 10.3. The molecular formula is C18H16. The summed E-state index contributed by atoms with van der Waals surface area (Å²) in [6.07, 6.45) is 5.00. The van der Waals surface area contributed by atoms with Gasteiger partial charge in [0.2, 0.25) is 0 Å². The molecule has 0 aliphatic heterocycles. The van der Waals surface area contributed by atoms with Crippen LogP contribution in [0.15, 0.2) is 85.1 Å². The summed E-state index contributed by atoms with van der Waals surface area (Å²) in [5.41, 5.74) is 6.53. The summed E-state index contributed by atoms with van der Waals surface area (Å²) >= 11 is 0. The summed E-state index contributed by atoms with van der Waals surface area (Å²) in [5.74, 6) is 0. The topological polar surface area (TPSA) is 0 Å². The molecule has 0 heteroatoms. The Balaban J connectivity index is 2.41. The molecule has 2 aromatic carbocycles. The van der Waals surface area contributed by atoms with E-state index >= 15 is 0 Å². The molecule has 0 heterocycles. The highest BCUT2D eigenvalue weighted by atomic mass is 14.1. The Kier molecular flexibility index (Phi) is 4.35. The van der Waals surface area contributed by atoms with Gasteiger partial charge in [0.05, 0.1) is 0 Å². The minimum absolute atomic E-state index is 0.850. The molecule has 0 aliphatic carbocycles. The van der Waals surface area contributed by atoms with Crippen molar-refractivity contribution in [2.75, 3.05) is 0 Å². The van der Waals surface area contributed by atoms with Gasteiger partial charge in [-0.1, -0.05) is 73.3 Å². The average molecular weight is 232 g/mol. The van der Waals surface area contributed by atoms with Gasteiger partial charge in [-0.05, 0) is 29.2 Å². The van der Waals surface area contributed by atoms with Gasteiger partial charge in [0.15, 0.2) is 0 Å². The fourth-order valence-electron chi connectivity index (χ4n) is 1.90. The molecule has 0 atom stereocenters. The number of hydrogen-bond acceptors (Lipinski definition) is 0. The SMILES string of the molecule is C=C=CCC=C(c1ccccc1)c1ccccc1. The first-order valence-electron chi connectivity index (χ1n) is 6.07. The lowest BCUT2D eigenvalue weighted by Crippen LogP contribution is -1.87. The monoisotopic (exact) mass is 232 g/mol. The summed E-state index contributed by atoms with van der Waals surface area (Å²) in [4.78, 5) is 0. The van der Waals surface area contributed by atoms with Gasteiger partial charge in [-0.25, -0.2) is 0 Å². The Morgan fingerprint density at radius 1 is 0.889 bits per heavy atom. The van der Waals surface area contributed by atoms with Crippen LogP contribution < -0.4 is 0 Å². The van der Waals surface area contributed by atoms with Crippen LogP contribution in [0.3, 0.4) is 0 Å². The number of rotatable bonds is 4. The first-order valence-corrected chi connectivity index (χ1v) is 6.07. The molecule has 0 saturated heterocycles. The molecule has 18 heavy (non-hydrogen) atoms. The smallest absolute Gasteiger partial charge is 0.00837 e. The van der Waals surface area contributed by atoms with E-state index in [2.05, 4.69) is 66.9 Å². The van der Waals surface area contributed by atoms with Crippen molar-refractivity contribution in [1.29, 1.82) is 0 Å². The van der Waals surface area contributed by atoms with E-state index in [-0.39, 0.29) is 0 Å². The summed E-state index contributed by atoms with van der Waals surface area (Å²) in [6, 6.07) is 20.9. The molecule has 0 amide bonds. The van der Waals surface area contributed by atoms with Crippen molar-refractivity contribution < 1.29 is 0 Å². The second-order valence-corrected chi connectivity index (χ2v) is 3.99. The highest BCUT2D eigenvalue weighted by Gasteiger charge is 2.02. The van der Waals surface area contributed by atoms with Crippen molar-refractivity contribution in [3.63, 3.8) is 0 Å². The maximum Gasteiger partial charge on any atom is -0.00837 e. The fraction of sp³-hybridized carbons (Fsp3) is 0.0556. The lowest BCUT2D eigenvalue weighted by molar-refractivity contribution is 1.39. The Hall–Kier alpha value is -2.30. The van der Waals surface area contributed by atoms with Crippen LogP contribution in [0.25, 0.3) is 5.57 Å². The Bertz CT molecular complexity index is 514. The summed E-state index contributed by atoms with van der Waals surface area (Å²) in [5, 5.41) is 0. The van der Waals surface area contributed by atoms with Crippen LogP contribution in [0, 0.1) is 0 Å². The molecule has 2 rings (SSSR count). The quantitative estimate of drug-likeness (QED) is 0.661. The van der Waals surface area contributed by atoms with E-state index in [0.29, 0.717) is 0 Å². The maximum absolute atomic E-state index is 3.59. The molecule has 0 spiro atoms. The first-order chi connectivity index (χ1) is 8.92. The minimum Gasteiger partial charge on any atom is -0.133 e. The summed E-state index contributed by atoms with van der Waals surface area (Å²) in [7, 11) is 0. The number of benzene rings is 2. The fourth-order valence-corrected chi connectivity index (χ4v) is 1.90. The molecule has 0 fully saturated rings. The van der Waals surface area contributed by atoms with Gasteiger partial charge in [-0.2, -0.15) is 0 Å². The van der Waals surface area contributed by atoms with E-state index in [9.17, 15) is 0 Å². The van der Waals surface area contributed by atoms with Gasteiger partial charge < -0.3 is 0 Å². The standard InChI is InChI=1S/C18H16/c1-2-3-6-15-18(16-11-7-4-8-12-16)17-13-9-5-10-14-17/h3-5,7-15H,1,6H2. The van der Waals surface area contributed by atoms with Crippen LogP contribution >= 0.6 is 0 Å². The Morgan fingerprint density at radius 2 is 1.39 bits per heavy atom. The molecule has 0 aromatic heterocycles. The number of allylic oxidation sites excluding steroid dienone is 2. The maximum atomic E-state index is 3.59. The predicted octanol–water partition coefficient (Wildman–Crippen LogP) is 4.85. The van der Waals surface area contributed by atoms with Crippen LogP contribution in [0.1, 0.15) is 17.5 Å². The highest BCUT2D eigenvalue weighted by molar-refractivity contribution is 5.79. The van der Waals surface area contributed by atoms with Crippen molar-refractivity contribution in [3.05, 3.63) is 96.3 Å². The van der Waals surface area contributed by atoms with Gasteiger partial charge in [0.1, 0.15) is 0 Å². The van der Waals surface area contributed by atoms with Crippen LogP contribution in [0.4, 0.5) is 0 Å². The second-order valence-electron chi connectivity index (χ2n) is 3.99. The normalized spacial score (nSPS) is 9.33. The predicted molar refractivity (Wildman–Crippen MR) is 78.3 cm³/mol. The lowest BCUT2D eigenvalue weighted by Gasteiger charge is -2.07. The minimum atomic E-state index is 0.850. The van der Waals surface area contributed by atoms with E-state index in [0.717, 1.165) is 6.42 Å². The third kappa shape index (κ3) is 3.10. The lowest BCUT2D eigenvalue weighted by atomic mass is 9.97. The van der Waals surface area contributed by atoms with Crippen molar-refractivity contribution in [2.45, 2.75) is 6.42 Å². The molecule has 0 saturated carbocycles. The largest absolute Gasteiger partial charge is 0.133 e. The van der Waals surface area contributed by atoms with Crippen LogP contribution in [-0.4, -0.2) is 0 Å². The summed E-state index contributed by atoms with van der Waals surface area (Å²) in [6.45, 7) is 3.59. The van der Waals surface area contributed by atoms with Crippen molar-refractivity contribution in [2.24, 2.45) is 0 Å². The van der Waals surface area contributed by atoms with Crippen molar-refractivity contribution >= 4 is 5.57 Å². The van der Waals surface area contributed by atoms with Crippen LogP contribution in [0.5, 0.6) is 0 Å². The van der Waals surface area contributed by atoms with Gasteiger partial charge in [-0.3, -0.25) is 0 Å². The number of hydrogen-bond donors (Lipinski definition) is 0.